The van der Waals surface area contributed by atoms with E-state index in [1.54, 1.807) is 14.2 Å². The molecule has 0 aliphatic heterocycles. The van der Waals surface area contributed by atoms with E-state index in [1.165, 1.54) is 12.8 Å². The first-order valence-corrected chi connectivity index (χ1v) is 6.84. The minimum absolute atomic E-state index is 0.124. The third-order valence-electron chi connectivity index (χ3n) is 3.17. The zero-order valence-corrected chi connectivity index (χ0v) is 12.3. The Morgan fingerprint density at radius 1 is 1.26 bits per heavy atom. The predicted octanol–water partition coefficient (Wildman–Crippen LogP) is 2.39. The van der Waals surface area contributed by atoms with Crippen LogP contribution in [0.15, 0.2) is 18.2 Å². The van der Waals surface area contributed by atoms with Gasteiger partial charge in [0.25, 0.3) is 0 Å². The molecular formula is C14H20N2O2S. The average Bonchev–Trinajstić information content (AvgIpc) is 3.21. The van der Waals surface area contributed by atoms with Gasteiger partial charge in [-0.2, -0.15) is 0 Å². The standard InChI is InChI=1S/C14H20N2O2S/c1-9(15-14(19)16-11-5-6-11)10-4-7-12(17-2)13(8-10)18-3/h4,7-9,11H,5-6H2,1-3H3,(H2,15,16,19). The van der Waals surface area contributed by atoms with Crippen LogP contribution >= 0.6 is 12.2 Å². The van der Waals surface area contributed by atoms with Gasteiger partial charge in [-0.25, -0.2) is 0 Å². The predicted molar refractivity (Wildman–Crippen MR) is 79.9 cm³/mol. The summed E-state index contributed by atoms with van der Waals surface area (Å²) in [6, 6.07) is 6.58. The van der Waals surface area contributed by atoms with Crippen molar-refractivity contribution in [3.05, 3.63) is 23.8 Å². The van der Waals surface area contributed by atoms with Crippen molar-refractivity contribution in [2.75, 3.05) is 14.2 Å². The van der Waals surface area contributed by atoms with Gasteiger partial charge in [0, 0.05) is 6.04 Å². The van der Waals surface area contributed by atoms with Crippen molar-refractivity contribution in [1.82, 2.24) is 10.6 Å². The molecule has 0 aromatic heterocycles. The minimum atomic E-state index is 0.124. The molecule has 1 saturated carbocycles. The van der Waals surface area contributed by atoms with Crippen LogP contribution < -0.4 is 20.1 Å². The molecule has 5 heteroatoms. The lowest BCUT2D eigenvalue weighted by Crippen LogP contribution is -2.37. The first-order chi connectivity index (χ1) is 9.13. The topological polar surface area (TPSA) is 42.5 Å². The summed E-state index contributed by atoms with van der Waals surface area (Å²) in [5.74, 6) is 1.46. The zero-order chi connectivity index (χ0) is 13.8. The fraction of sp³-hybridized carbons (Fsp3) is 0.500. The highest BCUT2D eigenvalue weighted by Gasteiger charge is 2.22. The van der Waals surface area contributed by atoms with Crippen LogP contribution in [0.3, 0.4) is 0 Å². The second kappa shape index (κ2) is 6.10. The summed E-state index contributed by atoms with van der Waals surface area (Å²) in [6.07, 6.45) is 2.43. The van der Waals surface area contributed by atoms with E-state index in [-0.39, 0.29) is 6.04 Å². The molecule has 0 amide bonds. The largest absolute Gasteiger partial charge is 0.493 e. The molecule has 4 nitrogen and oxygen atoms in total. The molecule has 1 aliphatic carbocycles. The van der Waals surface area contributed by atoms with Gasteiger partial charge in [0.15, 0.2) is 16.6 Å². The number of thiocarbonyl (C=S) groups is 1. The van der Waals surface area contributed by atoms with Crippen LogP contribution in [0.1, 0.15) is 31.4 Å². The molecule has 19 heavy (non-hydrogen) atoms. The molecule has 1 aromatic rings. The van der Waals surface area contributed by atoms with Crippen LogP contribution in [-0.4, -0.2) is 25.4 Å². The minimum Gasteiger partial charge on any atom is -0.493 e. The Bertz CT molecular complexity index is 461. The molecule has 2 rings (SSSR count). The van der Waals surface area contributed by atoms with E-state index < -0.39 is 0 Å². The first-order valence-electron chi connectivity index (χ1n) is 6.43. The van der Waals surface area contributed by atoms with Gasteiger partial charge in [-0.1, -0.05) is 6.07 Å². The summed E-state index contributed by atoms with van der Waals surface area (Å²) >= 11 is 5.28. The highest BCUT2D eigenvalue weighted by molar-refractivity contribution is 7.80. The van der Waals surface area contributed by atoms with Crippen molar-refractivity contribution in [3.63, 3.8) is 0 Å². The molecule has 0 radical (unpaired) electrons. The van der Waals surface area contributed by atoms with Gasteiger partial charge < -0.3 is 20.1 Å². The summed E-state index contributed by atoms with van der Waals surface area (Å²) in [4.78, 5) is 0. The molecule has 1 aromatic carbocycles. The molecule has 1 fully saturated rings. The van der Waals surface area contributed by atoms with E-state index in [4.69, 9.17) is 21.7 Å². The lowest BCUT2D eigenvalue weighted by Gasteiger charge is -2.18. The maximum absolute atomic E-state index is 5.31. The first kappa shape index (κ1) is 13.9. The maximum atomic E-state index is 5.31. The summed E-state index contributed by atoms with van der Waals surface area (Å²) < 4.78 is 10.5. The van der Waals surface area contributed by atoms with Gasteiger partial charge in [-0.05, 0) is 49.7 Å². The fourth-order valence-corrected chi connectivity index (χ4v) is 2.20. The number of nitrogens with one attached hydrogen (secondary N) is 2. The Balaban J connectivity index is 2.01. The van der Waals surface area contributed by atoms with Gasteiger partial charge in [-0.15, -0.1) is 0 Å². The Morgan fingerprint density at radius 2 is 1.95 bits per heavy atom. The summed E-state index contributed by atoms with van der Waals surface area (Å²) in [6.45, 7) is 2.07. The molecule has 0 saturated heterocycles. The Kier molecular flexibility index (Phi) is 4.47. The van der Waals surface area contributed by atoms with Gasteiger partial charge in [0.1, 0.15) is 0 Å². The van der Waals surface area contributed by atoms with E-state index in [2.05, 4.69) is 17.6 Å². The lowest BCUT2D eigenvalue weighted by molar-refractivity contribution is 0.354. The van der Waals surface area contributed by atoms with Crippen LogP contribution in [0.2, 0.25) is 0 Å². The van der Waals surface area contributed by atoms with E-state index in [0.717, 1.165) is 17.1 Å². The normalized spacial score (nSPS) is 15.5. The molecule has 0 bridgehead atoms. The van der Waals surface area contributed by atoms with Crippen molar-refractivity contribution in [1.29, 1.82) is 0 Å². The number of hydrogen-bond donors (Lipinski definition) is 2. The second-order valence-corrected chi connectivity index (χ2v) is 5.14. The quantitative estimate of drug-likeness (QED) is 0.811. The molecule has 1 unspecified atom stereocenters. The van der Waals surface area contributed by atoms with Gasteiger partial charge in [0.2, 0.25) is 0 Å². The number of ether oxygens (including phenoxy) is 2. The summed E-state index contributed by atoms with van der Waals surface area (Å²) in [5, 5.41) is 7.26. The van der Waals surface area contributed by atoms with Gasteiger partial charge >= 0.3 is 0 Å². The number of rotatable bonds is 5. The Labute approximate surface area is 119 Å². The lowest BCUT2D eigenvalue weighted by atomic mass is 10.1. The molecule has 104 valence electrons. The van der Waals surface area contributed by atoms with Crippen molar-refractivity contribution in [3.8, 4) is 11.5 Å². The van der Waals surface area contributed by atoms with Crippen molar-refractivity contribution in [2.24, 2.45) is 0 Å². The third-order valence-corrected chi connectivity index (χ3v) is 3.40. The van der Waals surface area contributed by atoms with Gasteiger partial charge in [-0.3, -0.25) is 0 Å². The van der Waals surface area contributed by atoms with E-state index >= 15 is 0 Å². The molecule has 1 aliphatic rings. The Hall–Kier alpha value is -1.49. The SMILES string of the molecule is COc1ccc(C(C)NC(=S)NC2CC2)cc1OC. The fourth-order valence-electron chi connectivity index (χ4n) is 1.86. The molecule has 1 atom stereocenters. The average molecular weight is 280 g/mol. The van der Waals surface area contributed by atoms with Crippen LogP contribution in [-0.2, 0) is 0 Å². The molecule has 0 heterocycles. The second-order valence-electron chi connectivity index (χ2n) is 4.73. The monoisotopic (exact) mass is 280 g/mol. The Morgan fingerprint density at radius 3 is 2.53 bits per heavy atom. The molecular weight excluding hydrogens is 260 g/mol. The summed E-state index contributed by atoms with van der Waals surface area (Å²) in [7, 11) is 3.27. The highest BCUT2D eigenvalue weighted by atomic mass is 32.1. The van der Waals surface area contributed by atoms with Crippen molar-refractivity contribution in [2.45, 2.75) is 31.8 Å². The van der Waals surface area contributed by atoms with Gasteiger partial charge in [0.05, 0.1) is 20.3 Å². The van der Waals surface area contributed by atoms with Crippen LogP contribution in [0, 0.1) is 0 Å². The van der Waals surface area contributed by atoms with Crippen LogP contribution in [0.5, 0.6) is 11.5 Å². The molecule has 0 spiro atoms. The highest BCUT2D eigenvalue weighted by Crippen LogP contribution is 2.29. The summed E-state index contributed by atoms with van der Waals surface area (Å²) in [5.41, 5.74) is 1.11. The van der Waals surface area contributed by atoms with Crippen molar-refractivity contribution < 1.29 is 9.47 Å². The zero-order valence-electron chi connectivity index (χ0n) is 11.5. The smallest absolute Gasteiger partial charge is 0.166 e. The number of methoxy groups -OCH3 is 2. The van der Waals surface area contributed by atoms with E-state index in [9.17, 15) is 0 Å². The van der Waals surface area contributed by atoms with E-state index in [1.807, 2.05) is 18.2 Å². The molecule has 2 N–H and O–H groups in total. The van der Waals surface area contributed by atoms with Crippen LogP contribution in [0.25, 0.3) is 0 Å². The maximum Gasteiger partial charge on any atom is 0.166 e. The van der Waals surface area contributed by atoms with Crippen molar-refractivity contribution >= 4 is 17.3 Å². The van der Waals surface area contributed by atoms with E-state index in [0.29, 0.717) is 11.2 Å². The number of hydrogen-bond acceptors (Lipinski definition) is 3. The van der Waals surface area contributed by atoms with Crippen LogP contribution in [0.4, 0.5) is 0 Å². The third kappa shape index (κ3) is 3.73. The number of benzene rings is 1.